The molecule has 0 aliphatic carbocycles. The zero-order valence-corrected chi connectivity index (χ0v) is 25.7. The lowest BCUT2D eigenvalue weighted by Gasteiger charge is -2.33. The lowest BCUT2D eigenvalue weighted by atomic mass is 9.88. The van der Waals surface area contributed by atoms with Crippen LogP contribution in [0.5, 0.6) is 11.5 Å². The maximum Gasteiger partial charge on any atom is 0.240 e. The minimum atomic E-state index is 0.207. The molecule has 0 atom stereocenters. The van der Waals surface area contributed by atoms with Gasteiger partial charge in [0.05, 0.1) is 19.3 Å². The minimum Gasteiger partial charge on any atom is -0.492 e. The molecule has 0 unspecified atom stereocenters. The van der Waals surface area contributed by atoms with E-state index in [1.807, 2.05) is 50.6 Å². The summed E-state index contributed by atoms with van der Waals surface area (Å²) < 4.78 is 14.3. The summed E-state index contributed by atoms with van der Waals surface area (Å²) in [4.78, 5) is 21.3. The second-order valence-electron chi connectivity index (χ2n) is 11.4. The molecule has 4 aromatic rings. The van der Waals surface area contributed by atoms with Crippen LogP contribution < -0.4 is 25.6 Å². The Balaban J connectivity index is 1.20. The van der Waals surface area contributed by atoms with Crippen molar-refractivity contribution in [3.8, 4) is 28.7 Å². The number of ether oxygens (including phenoxy) is 2. The number of nitrogens with one attached hydrogen (secondary N) is 1. The van der Waals surface area contributed by atoms with Crippen molar-refractivity contribution in [2.75, 3.05) is 44.4 Å². The monoisotopic (exact) mass is 597 g/mol. The molecule has 2 aliphatic rings. The van der Waals surface area contributed by atoms with Crippen LogP contribution in [-0.2, 0) is 6.54 Å². The van der Waals surface area contributed by atoms with E-state index in [0.29, 0.717) is 30.9 Å². The van der Waals surface area contributed by atoms with Crippen molar-refractivity contribution < 1.29 is 9.47 Å². The summed E-state index contributed by atoms with van der Waals surface area (Å²) in [6.07, 6.45) is 13.4. The third-order valence-corrected chi connectivity index (χ3v) is 8.51. The number of nitrogens with zero attached hydrogens (tertiary/aromatic N) is 7. The number of rotatable bonds is 11. The number of benzene rings is 1. The molecule has 0 amide bonds. The van der Waals surface area contributed by atoms with Gasteiger partial charge in [-0.3, -0.25) is 9.91 Å². The van der Waals surface area contributed by atoms with Crippen LogP contribution in [-0.4, -0.2) is 74.8 Å². The largest absolute Gasteiger partial charge is 0.492 e. The molecular formula is C33H43N9O2. The number of piperidine rings is 2. The summed E-state index contributed by atoms with van der Waals surface area (Å²) in [5, 5.41) is 5.12. The van der Waals surface area contributed by atoms with E-state index in [9.17, 15) is 0 Å². The van der Waals surface area contributed by atoms with Gasteiger partial charge in [-0.2, -0.15) is 0 Å². The first kappa shape index (κ1) is 30.0. The molecule has 2 saturated heterocycles. The van der Waals surface area contributed by atoms with Crippen LogP contribution in [0.2, 0.25) is 0 Å². The van der Waals surface area contributed by atoms with Gasteiger partial charge >= 0.3 is 0 Å². The van der Waals surface area contributed by atoms with Crippen molar-refractivity contribution in [2.45, 2.75) is 58.0 Å². The predicted octanol–water partition coefficient (Wildman–Crippen LogP) is 4.33. The normalized spacial score (nSPS) is 16.6. The Bertz CT molecular complexity index is 1460. The Morgan fingerprint density at radius 2 is 1.57 bits per heavy atom. The average Bonchev–Trinajstić information content (AvgIpc) is 3.60. The van der Waals surface area contributed by atoms with Crippen molar-refractivity contribution in [3.63, 3.8) is 0 Å². The second kappa shape index (κ2) is 14.1. The number of anilines is 1. The summed E-state index contributed by atoms with van der Waals surface area (Å²) in [5.74, 6) is 9.66. The van der Waals surface area contributed by atoms with Crippen molar-refractivity contribution in [2.24, 2.45) is 5.84 Å². The number of aromatic nitrogens is 5. The van der Waals surface area contributed by atoms with Gasteiger partial charge in [0.15, 0.2) is 5.82 Å². The molecular weight excluding hydrogens is 554 g/mol. The van der Waals surface area contributed by atoms with E-state index >= 15 is 0 Å². The first-order chi connectivity index (χ1) is 21.6. The second-order valence-corrected chi connectivity index (χ2v) is 11.4. The lowest BCUT2D eigenvalue weighted by molar-refractivity contribution is 0.204. The molecule has 0 radical (unpaired) electrons. The highest BCUT2D eigenvalue weighted by molar-refractivity contribution is 5.60. The van der Waals surface area contributed by atoms with E-state index in [-0.39, 0.29) is 6.04 Å². The van der Waals surface area contributed by atoms with Gasteiger partial charge in [-0.15, -0.1) is 0 Å². The number of likely N-dealkylation sites (tertiary alicyclic amines) is 1. The number of hydrazine groups is 1. The van der Waals surface area contributed by atoms with Crippen molar-refractivity contribution in [3.05, 3.63) is 72.4 Å². The topological polar surface area (TPSA) is 119 Å². The maximum absolute atomic E-state index is 6.55. The van der Waals surface area contributed by atoms with Crippen LogP contribution in [0, 0.1) is 0 Å². The fraction of sp³-hybridized carbons (Fsp3) is 0.455. The van der Waals surface area contributed by atoms with Crippen LogP contribution in [0.1, 0.15) is 56.6 Å². The van der Waals surface area contributed by atoms with Gasteiger partial charge in [0.25, 0.3) is 0 Å². The summed E-state index contributed by atoms with van der Waals surface area (Å²) in [6.45, 7) is 9.82. The third kappa shape index (κ3) is 6.69. The van der Waals surface area contributed by atoms with Gasteiger partial charge in [-0.05, 0) is 108 Å². The fourth-order valence-corrected chi connectivity index (χ4v) is 6.31. The minimum absolute atomic E-state index is 0.207. The van der Waals surface area contributed by atoms with Crippen LogP contribution >= 0.6 is 0 Å². The van der Waals surface area contributed by atoms with E-state index in [2.05, 4.69) is 36.9 Å². The zero-order valence-electron chi connectivity index (χ0n) is 25.7. The predicted molar refractivity (Wildman–Crippen MR) is 171 cm³/mol. The number of nitrogens with two attached hydrogens (primary N) is 1. The highest BCUT2D eigenvalue weighted by Gasteiger charge is 2.28. The van der Waals surface area contributed by atoms with E-state index in [1.165, 1.54) is 5.56 Å². The highest BCUT2D eigenvalue weighted by atomic mass is 16.5. The van der Waals surface area contributed by atoms with E-state index in [0.717, 1.165) is 86.9 Å². The molecule has 44 heavy (non-hydrogen) atoms. The smallest absolute Gasteiger partial charge is 0.240 e. The Labute approximate surface area is 259 Å². The fourth-order valence-electron chi connectivity index (χ4n) is 6.31. The Morgan fingerprint density at radius 3 is 2.20 bits per heavy atom. The Hall–Kier alpha value is -4.06. The van der Waals surface area contributed by atoms with Crippen LogP contribution in [0.15, 0.2) is 61.3 Å². The molecule has 2 aliphatic heterocycles. The maximum atomic E-state index is 6.55. The molecule has 11 heteroatoms. The zero-order chi connectivity index (χ0) is 30.3. The molecule has 1 aromatic carbocycles. The first-order valence-corrected chi connectivity index (χ1v) is 15.8. The van der Waals surface area contributed by atoms with Gasteiger partial charge in [-0.1, -0.05) is 0 Å². The molecule has 0 spiro atoms. The molecule has 5 heterocycles. The number of hydrogen-bond acceptors (Lipinski definition) is 10. The standard InChI is InChI=1S/C33H43N9O2/c1-3-43-28-20-24(21-29(44-4-2)31(28)41-16-5-6-17-41)23-40-18-10-25(11-19-40)27-22-38-33(42(34)26-8-14-35-15-9-26)39-30(27)32-36-12-7-13-37-32/h5-7,12-13,16-17,20-22,25-26,35H,3-4,8-11,14-15,18-19,23,34H2,1-2H3. The van der Waals surface area contributed by atoms with Gasteiger partial charge in [-0.25, -0.2) is 25.8 Å². The molecule has 232 valence electrons. The van der Waals surface area contributed by atoms with Gasteiger partial charge in [0.1, 0.15) is 22.9 Å². The lowest BCUT2D eigenvalue weighted by Crippen LogP contribution is -2.48. The molecule has 2 fully saturated rings. The van der Waals surface area contributed by atoms with Crippen LogP contribution in [0.3, 0.4) is 0 Å². The van der Waals surface area contributed by atoms with E-state index < -0.39 is 0 Å². The summed E-state index contributed by atoms with van der Waals surface area (Å²) in [7, 11) is 0. The SMILES string of the molecule is CCOc1cc(CN2CCC(c3cnc(N(N)C4CCNCC4)nc3-c3ncccn3)CC2)cc(OCC)c1-n1cccc1. The molecule has 6 rings (SSSR count). The Morgan fingerprint density at radius 1 is 0.909 bits per heavy atom. The third-order valence-electron chi connectivity index (χ3n) is 8.51. The van der Waals surface area contributed by atoms with Crippen LogP contribution in [0.4, 0.5) is 5.95 Å². The molecule has 3 N–H and O–H groups in total. The molecule has 0 saturated carbocycles. The number of hydrogen-bond donors (Lipinski definition) is 2. The average molecular weight is 598 g/mol. The molecule has 11 nitrogen and oxygen atoms in total. The van der Waals surface area contributed by atoms with Crippen LogP contribution in [0.25, 0.3) is 17.2 Å². The van der Waals surface area contributed by atoms with E-state index in [4.69, 9.17) is 25.3 Å². The van der Waals surface area contributed by atoms with Gasteiger partial charge < -0.3 is 19.4 Å². The van der Waals surface area contributed by atoms with Gasteiger partial charge in [0, 0.05) is 43.1 Å². The first-order valence-electron chi connectivity index (χ1n) is 15.8. The summed E-state index contributed by atoms with van der Waals surface area (Å²) in [6, 6.07) is 10.4. The highest BCUT2D eigenvalue weighted by Crippen LogP contribution is 2.37. The van der Waals surface area contributed by atoms with Gasteiger partial charge in [0.2, 0.25) is 5.95 Å². The quantitative estimate of drug-likeness (QED) is 0.191. The molecule has 3 aromatic heterocycles. The molecule has 0 bridgehead atoms. The summed E-state index contributed by atoms with van der Waals surface area (Å²) in [5.41, 5.74) is 3.99. The van der Waals surface area contributed by atoms with Crippen molar-refractivity contribution in [1.29, 1.82) is 0 Å². The van der Waals surface area contributed by atoms with Crippen molar-refractivity contribution >= 4 is 5.95 Å². The van der Waals surface area contributed by atoms with E-state index in [1.54, 1.807) is 17.4 Å². The Kier molecular flexibility index (Phi) is 9.64. The van der Waals surface area contributed by atoms with Crippen molar-refractivity contribution in [1.82, 2.24) is 34.7 Å². The summed E-state index contributed by atoms with van der Waals surface area (Å²) >= 11 is 0.